The molecule has 2 aromatic rings. The number of hydrogen-bond donors (Lipinski definition) is 1. The summed E-state index contributed by atoms with van der Waals surface area (Å²) in [5.41, 5.74) is 1.21. The molecule has 1 aromatic heterocycles. The fourth-order valence-corrected chi connectivity index (χ4v) is 0.995. The van der Waals surface area contributed by atoms with E-state index in [9.17, 15) is 0 Å². The Balaban J connectivity index is 0. The maximum absolute atomic E-state index is 3.12. The van der Waals surface area contributed by atoms with E-state index in [1.165, 1.54) is 10.9 Å². The Kier molecular flexibility index (Phi) is 8.67. The van der Waals surface area contributed by atoms with Gasteiger partial charge < -0.3 is 38.9 Å². The molecule has 1 aromatic carbocycles. The first-order valence-electron chi connectivity index (χ1n) is 2.99. The molecule has 0 atom stereocenters. The van der Waals surface area contributed by atoms with Gasteiger partial charge in [0.25, 0.3) is 0 Å². The summed E-state index contributed by atoms with van der Waals surface area (Å²) in [5, 5.41) is 1.28. The Hall–Kier alpha value is 0.486. The number of nitrogens with one attached hydrogen (secondary N) is 1. The molecule has 0 unspecified atom stereocenters. The minimum atomic E-state index is 0. The zero-order chi connectivity index (χ0) is 6.10. The summed E-state index contributed by atoms with van der Waals surface area (Å²) in [4.78, 5) is 3.12. The monoisotopic (exact) mass is 299 g/mol. The van der Waals surface area contributed by atoms with Crippen molar-refractivity contribution in [1.29, 1.82) is 0 Å². The summed E-state index contributed by atoms with van der Waals surface area (Å²) >= 11 is 0. The summed E-state index contributed by atoms with van der Waals surface area (Å²) in [6, 6.07) is 10.3. The minimum absolute atomic E-state index is 0. The van der Waals surface area contributed by atoms with Crippen molar-refractivity contribution in [2.45, 2.75) is 0 Å². The molecule has 0 radical (unpaired) electrons. The SMILES string of the molecule is [Br-].[Br-].[Mg+2].c1ccc2[nH]ccc2c1. The van der Waals surface area contributed by atoms with Crippen LogP contribution in [0.1, 0.15) is 0 Å². The van der Waals surface area contributed by atoms with Gasteiger partial charge in [0.1, 0.15) is 0 Å². The van der Waals surface area contributed by atoms with Gasteiger partial charge in [-0.1, -0.05) is 18.2 Å². The van der Waals surface area contributed by atoms with Gasteiger partial charge in [-0.15, -0.1) is 0 Å². The molecule has 0 saturated carbocycles. The molecule has 0 aliphatic heterocycles. The van der Waals surface area contributed by atoms with E-state index in [1.54, 1.807) is 0 Å². The van der Waals surface area contributed by atoms with Crippen LogP contribution >= 0.6 is 0 Å². The van der Waals surface area contributed by atoms with Gasteiger partial charge in [-0.3, -0.25) is 0 Å². The number of hydrogen-bond acceptors (Lipinski definition) is 0. The summed E-state index contributed by atoms with van der Waals surface area (Å²) in [6.07, 6.45) is 1.95. The van der Waals surface area contributed by atoms with Crippen LogP contribution in [0.2, 0.25) is 0 Å². The van der Waals surface area contributed by atoms with Crippen molar-refractivity contribution < 1.29 is 34.0 Å². The molecule has 0 fully saturated rings. The number of rotatable bonds is 0. The maximum Gasteiger partial charge on any atom is 2.00 e. The first-order valence-corrected chi connectivity index (χ1v) is 2.99. The van der Waals surface area contributed by atoms with Crippen LogP contribution in [-0.4, -0.2) is 28.0 Å². The molecular formula is C8H7Br2MgN. The number of fused-ring (bicyclic) bond motifs is 1. The predicted molar refractivity (Wildman–Crippen MR) is 44.1 cm³/mol. The number of benzene rings is 1. The van der Waals surface area contributed by atoms with E-state index in [4.69, 9.17) is 0 Å². The van der Waals surface area contributed by atoms with Gasteiger partial charge in [0.15, 0.2) is 0 Å². The van der Waals surface area contributed by atoms with Gasteiger partial charge in [0, 0.05) is 11.7 Å². The second-order valence-corrected chi connectivity index (χ2v) is 2.06. The first-order chi connectivity index (χ1) is 4.47. The molecule has 1 heterocycles. The fourth-order valence-electron chi connectivity index (χ4n) is 0.995. The standard InChI is InChI=1S/C8H7N.2BrH.Mg/c1-2-4-8-7(3-1)5-6-9-8;;;/h1-6,9H;2*1H;/q;;;+2/p-2. The van der Waals surface area contributed by atoms with Crippen molar-refractivity contribution in [3.05, 3.63) is 36.5 Å². The molecule has 0 aliphatic carbocycles. The number of para-hydroxylation sites is 1. The van der Waals surface area contributed by atoms with Crippen molar-refractivity contribution in [3.63, 3.8) is 0 Å². The van der Waals surface area contributed by atoms with Crippen LogP contribution in [0.5, 0.6) is 0 Å². The van der Waals surface area contributed by atoms with Gasteiger partial charge in [-0.2, -0.15) is 0 Å². The van der Waals surface area contributed by atoms with E-state index < -0.39 is 0 Å². The molecule has 0 aliphatic rings. The molecule has 0 bridgehead atoms. The van der Waals surface area contributed by atoms with Crippen LogP contribution < -0.4 is 34.0 Å². The second kappa shape index (κ2) is 6.94. The predicted octanol–water partition coefficient (Wildman–Crippen LogP) is -4.20. The smallest absolute Gasteiger partial charge is 1.00 e. The molecule has 60 valence electrons. The molecule has 1 nitrogen and oxygen atoms in total. The van der Waals surface area contributed by atoms with Crippen LogP contribution in [0.4, 0.5) is 0 Å². The van der Waals surface area contributed by atoms with E-state index in [-0.39, 0.29) is 57.0 Å². The summed E-state index contributed by atoms with van der Waals surface area (Å²) < 4.78 is 0. The van der Waals surface area contributed by atoms with Crippen molar-refractivity contribution in [3.8, 4) is 0 Å². The third kappa shape index (κ3) is 3.09. The Morgan fingerprint density at radius 2 is 1.58 bits per heavy atom. The minimum Gasteiger partial charge on any atom is -1.00 e. The van der Waals surface area contributed by atoms with Gasteiger partial charge in [-0.05, 0) is 17.5 Å². The van der Waals surface area contributed by atoms with E-state index in [2.05, 4.69) is 23.2 Å². The second-order valence-electron chi connectivity index (χ2n) is 2.06. The van der Waals surface area contributed by atoms with Gasteiger partial charge >= 0.3 is 23.1 Å². The van der Waals surface area contributed by atoms with Crippen LogP contribution in [-0.2, 0) is 0 Å². The molecule has 12 heavy (non-hydrogen) atoms. The Labute approximate surface area is 109 Å². The zero-order valence-corrected chi connectivity index (χ0v) is 11.0. The van der Waals surface area contributed by atoms with E-state index >= 15 is 0 Å². The quantitative estimate of drug-likeness (QED) is 0.475. The van der Waals surface area contributed by atoms with Crippen molar-refractivity contribution in [1.82, 2.24) is 4.98 Å². The Morgan fingerprint density at radius 1 is 0.917 bits per heavy atom. The third-order valence-electron chi connectivity index (χ3n) is 1.46. The van der Waals surface area contributed by atoms with Gasteiger partial charge in [0.05, 0.1) is 0 Å². The topological polar surface area (TPSA) is 15.8 Å². The fraction of sp³-hybridized carbons (Fsp3) is 0. The van der Waals surface area contributed by atoms with E-state index in [0.717, 1.165) is 0 Å². The zero-order valence-electron chi connectivity index (χ0n) is 6.43. The van der Waals surface area contributed by atoms with Crippen molar-refractivity contribution >= 4 is 34.0 Å². The Morgan fingerprint density at radius 3 is 2.25 bits per heavy atom. The van der Waals surface area contributed by atoms with Crippen LogP contribution in [0.15, 0.2) is 36.5 Å². The summed E-state index contributed by atoms with van der Waals surface area (Å²) in [5.74, 6) is 0. The van der Waals surface area contributed by atoms with Crippen LogP contribution in [0.25, 0.3) is 10.9 Å². The summed E-state index contributed by atoms with van der Waals surface area (Å²) in [7, 11) is 0. The van der Waals surface area contributed by atoms with Crippen LogP contribution in [0, 0.1) is 0 Å². The number of halogens is 2. The average Bonchev–Trinajstić information content (AvgIpc) is 2.33. The normalized spacial score (nSPS) is 7.67. The first kappa shape index (κ1) is 15.0. The molecule has 1 N–H and O–H groups in total. The molecule has 0 saturated heterocycles. The molecular weight excluding hydrogens is 294 g/mol. The largest absolute Gasteiger partial charge is 2.00 e. The summed E-state index contributed by atoms with van der Waals surface area (Å²) in [6.45, 7) is 0. The van der Waals surface area contributed by atoms with Crippen LogP contribution in [0.3, 0.4) is 0 Å². The van der Waals surface area contributed by atoms with E-state index in [1.807, 2.05) is 18.3 Å². The molecule has 0 spiro atoms. The molecule has 2 rings (SSSR count). The van der Waals surface area contributed by atoms with Gasteiger partial charge in [-0.25, -0.2) is 0 Å². The van der Waals surface area contributed by atoms with Crippen molar-refractivity contribution in [2.24, 2.45) is 0 Å². The third-order valence-corrected chi connectivity index (χ3v) is 1.46. The molecule has 4 heteroatoms. The Bertz CT molecular complexity index is 291. The number of aromatic amines is 1. The van der Waals surface area contributed by atoms with E-state index in [0.29, 0.717) is 0 Å². The number of aromatic nitrogens is 1. The maximum atomic E-state index is 3.12. The average molecular weight is 301 g/mol. The van der Waals surface area contributed by atoms with Crippen molar-refractivity contribution in [2.75, 3.05) is 0 Å². The molecule has 0 amide bonds. The van der Waals surface area contributed by atoms with Gasteiger partial charge in [0.2, 0.25) is 0 Å². The number of H-pyrrole nitrogens is 1.